The molecule has 0 spiro atoms. The molecule has 1 aliphatic heterocycles. The molecule has 4 heteroatoms. The number of nitriles is 1. The second kappa shape index (κ2) is 7.75. The summed E-state index contributed by atoms with van der Waals surface area (Å²) in [4.78, 5) is 0. The van der Waals surface area contributed by atoms with Crippen LogP contribution in [0.15, 0.2) is 12.7 Å². The van der Waals surface area contributed by atoms with Crippen molar-refractivity contribution < 1.29 is 0 Å². The van der Waals surface area contributed by atoms with E-state index in [9.17, 15) is 0 Å². The van der Waals surface area contributed by atoms with E-state index in [4.69, 9.17) is 5.26 Å². The molecule has 1 saturated heterocycles. The molecule has 3 unspecified atom stereocenters. The second-order valence-electron chi connectivity index (χ2n) is 4.67. The van der Waals surface area contributed by atoms with Crippen molar-refractivity contribution in [1.82, 2.24) is 10.4 Å². The van der Waals surface area contributed by atoms with Crippen LogP contribution >= 0.6 is 11.8 Å². The van der Waals surface area contributed by atoms with Crippen molar-refractivity contribution >= 4 is 11.8 Å². The smallest absolute Gasteiger partial charge is 0.117 e. The van der Waals surface area contributed by atoms with Crippen LogP contribution in [-0.4, -0.2) is 34.6 Å². The second-order valence-corrected chi connectivity index (χ2v) is 5.75. The Morgan fingerprint density at radius 2 is 2.18 bits per heavy atom. The molecule has 3 atom stereocenters. The number of nitrogens with zero attached hydrogens (tertiary/aromatic N) is 2. The van der Waals surface area contributed by atoms with Gasteiger partial charge in [0.05, 0.1) is 6.07 Å². The van der Waals surface area contributed by atoms with E-state index in [2.05, 4.69) is 36.9 Å². The molecule has 0 aromatic rings. The lowest BCUT2D eigenvalue weighted by Crippen LogP contribution is -2.55. The van der Waals surface area contributed by atoms with E-state index in [1.165, 1.54) is 19.3 Å². The SMILES string of the molecule is C=CCSCC(C#N)NN1C(C)CCCC1C. The van der Waals surface area contributed by atoms with E-state index in [0.717, 1.165) is 11.5 Å². The summed E-state index contributed by atoms with van der Waals surface area (Å²) in [6.45, 7) is 8.15. The van der Waals surface area contributed by atoms with Crippen LogP contribution < -0.4 is 5.43 Å². The number of hydrogen-bond acceptors (Lipinski definition) is 4. The van der Waals surface area contributed by atoms with Crippen molar-refractivity contribution in [2.75, 3.05) is 11.5 Å². The Balaban J connectivity index is 2.42. The first kappa shape index (κ1) is 14.6. The molecule has 0 saturated carbocycles. The van der Waals surface area contributed by atoms with E-state index >= 15 is 0 Å². The zero-order chi connectivity index (χ0) is 12.7. The molecule has 96 valence electrons. The van der Waals surface area contributed by atoms with E-state index in [0.29, 0.717) is 12.1 Å². The van der Waals surface area contributed by atoms with E-state index in [1.54, 1.807) is 11.8 Å². The van der Waals surface area contributed by atoms with Gasteiger partial charge in [-0.25, -0.2) is 10.4 Å². The Bertz CT molecular complexity index is 264. The third kappa shape index (κ3) is 4.71. The topological polar surface area (TPSA) is 39.1 Å². The van der Waals surface area contributed by atoms with Crippen LogP contribution in [-0.2, 0) is 0 Å². The molecular formula is C13H23N3S. The van der Waals surface area contributed by atoms with Gasteiger partial charge in [0.2, 0.25) is 0 Å². The summed E-state index contributed by atoms with van der Waals surface area (Å²) in [5.41, 5.74) is 3.38. The van der Waals surface area contributed by atoms with E-state index in [1.807, 2.05) is 6.08 Å². The van der Waals surface area contributed by atoms with Gasteiger partial charge in [-0.1, -0.05) is 12.5 Å². The van der Waals surface area contributed by atoms with Crippen LogP contribution in [0.2, 0.25) is 0 Å². The number of rotatable bonds is 6. The highest BCUT2D eigenvalue weighted by molar-refractivity contribution is 7.99. The summed E-state index contributed by atoms with van der Waals surface area (Å²) in [6.07, 6.45) is 5.61. The summed E-state index contributed by atoms with van der Waals surface area (Å²) in [7, 11) is 0. The van der Waals surface area contributed by atoms with E-state index < -0.39 is 0 Å². The first-order valence-electron chi connectivity index (χ1n) is 6.31. The van der Waals surface area contributed by atoms with Gasteiger partial charge >= 0.3 is 0 Å². The average Bonchev–Trinajstić information content (AvgIpc) is 2.32. The number of hydrazine groups is 1. The first-order valence-corrected chi connectivity index (χ1v) is 7.47. The van der Waals surface area contributed by atoms with Gasteiger partial charge in [-0.2, -0.15) is 17.0 Å². The van der Waals surface area contributed by atoms with Gasteiger partial charge in [0.25, 0.3) is 0 Å². The Kier molecular flexibility index (Phi) is 6.64. The molecule has 0 aromatic carbocycles. The summed E-state index contributed by atoms with van der Waals surface area (Å²) in [6, 6.07) is 3.30. The van der Waals surface area contributed by atoms with Gasteiger partial charge < -0.3 is 0 Å². The maximum absolute atomic E-state index is 9.15. The van der Waals surface area contributed by atoms with Crippen LogP contribution in [0, 0.1) is 11.3 Å². The van der Waals surface area contributed by atoms with Gasteiger partial charge in [-0.05, 0) is 26.7 Å². The molecule has 0 aliphatic carbocycles. The highest BCUT2D eigenvalue weighted by Crippen LogP contribution is 2.20. The molecule has 1 rings (SSSR count). The highest BCUT2D eigenvalue weighted by atomic mass is 32.2. The molecule has 0 radical (unpaired) electrons. The van der Waals surface area contributed by atoms with Crippen LogP contribution in [0.3, 0.4) is 0 Å². The number of nitrogens with one attached hydrogen (secondary N) is 1. The molecule has 1 heterocycles. The van der Waals surface area contributed by atoms with Crippen molar-refractivity contribution in [2.45, 2.75) is 51.2 Å². The Morgan fingerprint density at radius 3 is 2.71 bits per heavy atom. The first-order chi connectivity index (χ1) is 8.19. The molecule has 0 aromatic heterocycles. The number of thioether (sulfide) groups is 1. The molecule has 17 heavy (non-hydrogen) atoms. The van der Waals surface area contributed by atoms with Gasteiger partial charge in [0.1, 0.15) is 6.04 Å². The van der Waals surface area contributed by atoms with Crippen molar-refractivity contribution in [3.8, 4) is 6.07 Å². The summed E-state index contributed by atoms with van der Waals surface area (Å²) < 4.78 is 0. The predicted octanol–water partition coefficient (Wildman–Crippen LogP) is 2.57. The fourth-order valence-electron chi connectivity index (χ4n) is 2.23. The van der Waals surface area contributed by atoms with Crippen molar-refractivity contribution in [1.29, 1.82) is 5.26 Å². The van der Waals surface area contributed by atoms with Crippen LogP contribution in [0.4, 0.5) is 0 Å². The summed E-state index contributed by atoms with van der Waals surface area (Å²) in [5.74, 6) is 1.73. The van der Waals surface area contributed by atoms with Gasteiger partial charge in [-0.15, -0.1) is 6.58 Å². The fourth-order valence-corrected chi connectivity index (χ4v) is 2.92. The minimum absolute atomic E-state index is 0.0945. The van der Waals surface area contributed by atoms with E-state index in [-0.39, 0.29) is 6.04 Å². The van der Waals surface area contributed by atoms with Gasteiger partial charge in [0, 0.05) is 23.6 Å². The number of hydrogen-bond donors (Lipinski definition) is 1. The van der Waals surface area contributed by atoms with Gasteiger partial charge in [-0.3, -0.25) is 0 Å². The van der Waals surface area contributed by atoms with Crippen molar-refractivity contribution in [3.63, 3.8) is 0 Å². The molecule has 1 fully saturated rings. The monoisotopic (exact) mass is 253 g/mol. The molecule has 1 N–H and O–H groups in total. The zero-order valence-electron chi connectivity index (χ0n) is 10.9. The van der Waals surface area contributed by atoms with Crippen molar-refractivity contribution in [2.24, 2.45) is 0 Å². The van der Waals surface area contributed by atoms with Crippen LogP contribution in [0.25, 0.3) is 0 Å². The van der Waals surface area contributed by atoms with Crippen LogP contribution in [0.5, 0.6) is 0 Å². The standard InChI is InChI=1S/C13H23N3S/c1-4-8-17-10-13(9-14)15-16-11(2)6-5-7-12(16)3/h4,11-13,15H,1,5-8,10H2,2-3H3. The lowest BCUT2D eigenvalue weighted by atomic mass is 10.00. The summed E-state index contributed by atoms with van der Waals surface area (Å²) >= 11 is 1.75. The minimum atomic E-state index is -0.0945. The molecule has 3 nitrogen and oxygen atoms in total. The normalized spacial score (nSPS) is 27.4. The molecule has 0 amide bonds. The fraction of sp³-hybridized carbons (Fsp3) is 0.769. The lowest BCUT2D eigenvalue weighted by Gasteiger charge is -2.40. The number of piperidine rings is 1. The quantitative estimate of drug-likeness (QED) is 0.583. The van der Waals surface area contributed by atoms with Gasteiger partial charge in [0.15, 0.2) is 0 Å². The maximum Gasteiger partial charge on any atom is 0.117 e. The third-order valence-corrected chi connectivity index (χ3v) is 4.21. The molecule has 0 bridgehead atoms. The zero-order valence-corrected chi connectivity index (χ0v) is 11.7. The predicted molar refractivity (Wildman–Crippen MR) is 74.7 cm³/mol. The Hall–Kier alpha value is -0.500. The molecular weight excluding hydrogens is 230 g/mol. The Morgan fingerprint density at radius 1 is 1.53 bits per heavy atom. The Labute approximate surface area is 109 Å². The van der Waals surface area contributed by atoms with Crippen LogP contribution in [0.1, 0.15) is 33.1 Å². The maximum atomic E-state index is 9.15. The van der Waals surface area contributed by atoms with Crippen molar-refractivity contribution in [3.05, 3.63) is 12.7 Å². The average molecular weight is 253 g/mol. The largest absolute Gasteiger partial charge is 0.238 e. The minimum Gasteiger partial charge on any atom is -0.238 e. The third-order valence-electron chi connectivity index (χ3n) is 3.17. The summed E-state index contributed by atoms with van der Waals surface area (Å²) in [5, 5.41) is 11.4. The lowest BCUT2D eigenvalue weighted by molar-refractivity contribution is 0.0406. The highest BCUT2D eigenvalue weighted by Gasteiger charge is 2.26. The molecule has 1 aliphatic rings.